The largest absolute Gasteiger partial charge is 0.352 e. The molecule has 1 atom stereocenters. The van der Waals surface area contributed by atoms with E-state index in [2.05, 4.69) is 78.0 Å². The molecule has 0 aliphatic carbocycles. The van der Waals surface area contributed by atoms with E-state index in [9.17, 15) is 0 Å². The average molecular weight is 409 g/mol. The lowest BCUT2D eigenvalue weighted by Gasteiger charge is -2.18. The number of hydrogen-bond acceptors (Lipinski definition) is 1. The second-order valence-electron chi connectivity index (χ2n) is 5.13. The first-order valence-electron chi connectivity index (χ1n) is 7.27. The minimum absolute atomic E-state index is 0. The Hall–Kier alpha value is -1.56. The molecule has 0 fully saturated rings. The monoisotopic (exact) mass is 409 g/mol. The van der Waals surface area contributed by atoms with Gasteiger partial charge in [0.15, 0.2) is 5.96 Å². The van der Waals surface area contributed by atoms with Gasteiger partial charge in [-0.25, -0.2) is 0 Å². The molecule has 118 valence electrons. The molecule has 2 aromatic carbocycles. The van der Waals surface area contributed by atoms with Crippen molar-refractivity contribution in [3.05, 3.63) is 71.3 Å². The van der Waals surface area contributed by atoms with Crippen LogP contribution in [0.2, 0.25) is 0 Å². The van der Waals surface area contributed by atoms with Crippen molar-refractivity contribution in [1.29, 1.82) is 0 Å². The fraction of sp³-hybridized carbons (Fsp3) is 0.278. The normalized spacial score (nSPS) is 12.2. The lowest BCUT2D eigenvalue weighted by molar-refractivity contribution is 0.685. The van der Waals surface area contributed by atoms with Crippen LogP contribution in [0.1, 0.15) is 29.7 Å². The first-order chi connectivity index (χ1) is 10.2. The summed E-state index contributed by atoms with van der Waals surface area (Å²) in [6, 6.07) is 19.0. The van der Waals surface area contributed by atoms with Crippen LogP contribution in [-0.2, 0) is 6.54 Å². The van der Waals surface area contributed by atoms with Crippen molar-refractivity contribution in [3.8, 4) is 0 Å². The quantitative estimate of drug-likeness (QED) is 0.454. The molecule has 0 aliphatic rings. The molecule has 4 heteroatoms. The predicted octanol–water partition coefficient (Wildman–Crippen LogP) is 4.04. The van der Waals surface area contributed by atoms with Crippen LogP contribution >= 0.6 is 24.0 Å². The van der Waals surface area contributed by atoms with Crippen LogP contribution in [0.15, 0.2) is 59.6 Å². The molecule has 22 heavy (non-hydrogen) atoms. The number of rotatable bonds is 4. The van der Waals surface area contributed by atoms with Crippen molar-refractivity contribution in [1.82, 2.24) is 10.6 Å². The highest BCUT2D eigenvalue weighted by molar-refractivity contribution is 14.0. The molecule has 0 bridgehead atoms. The maximum atomic E-state index is 4.29. The van der Waals surface area contributed by atoms with Crippen molar-refractivity contribution in [2.75, 3.05) is 7.05 Å². The minimum atomic E-state index is 0. The number of nitrogens with zero attached hydrogens (tertiary/aromatic N) is 1. The van der Waals surface area contributed by atoms with Gasteiger partial charge >= 0.3 is 0 Å². The van der Waals surface area contributed by atoms with Gasteiger partial charge in [-0.1, -0.05) is 54.6 Å². The van der Waals surface area contributed by atoms with Gasteiger partial charge in [0.2, 0.25) is 0 Å². The van der Waals surface area contributed by atoms with Crippen molar-refractivity contribution < 1.29 is 0 Å². The van der Waals surface area contributed by atoms with E-state index >= 15 is 0 Å². The summed E-state index contributed by atoms with van der Waals surface area (Å²) in [6.07, 6.45) is 0. The van der Waals surface area contributed by atoms with E-state index in [0.717, 1.165) is 12.5 Å². The zero-order valence-electron chi connectivity index (χ0n) is 13.3. The number of aliphatic imine (C=N–C) groups is 1. The third-order valence-corrected chi connectivity index (χ3v) is 3.58. The Bertz CT molecular complexity index is 596. The van der Waals surface area contributed by atoms with Crippen LogP contribution in [0.5, 0.6) is 0 Å². The molecule has 0 radical (unpaired) electrons. The second-order valence-corrected chi connectivity index (χ2v) is 5.13. The topological polar surface area (TPSA) is 36.4 Å². The number of benzene rings is 2. The highest BCUT2D eigenvalue weighted by Gasteiger charge is 2.07. The summed E-state index contributed by atoms with van der Waals surface area (Å²) in [5.74, 6) is 0.814. The van der Waals surface area contributed by atoms with Gasteiger partial charge < -0.3 is 10.6 Å². The van der Waals surface area contributed by atoms with Crippen LogP contribution in [0.25, 0.3) is 0 Å². The van der Waals surface area contributed by atoms with Gasteiger partial charge in [-0.3, -0.25) is 4.99 Å². The highest BCUT2D eigenvalue weighted by atomic mass is 127. The zero-order valence-corrected chi connectivity index (χ0v) is 15.7. The Balaban J connectivity index is 0.00000242. The summed E-state index contributed by atoms with van der Waals surface area (Å²) < 4.78 is 0. The summed E-state index contributed by atoms with van der Waals surface area (Å²) in [6.45, 7) is 5.03. The van der Waals surface area contributed by atoms with E-state index in [-0.39, 0.29) is 30.0 Å². The van der Waals surface area contributed by atoms with E-state index in [0.29, 0.717) is 0 Å². The number of hydrogen-bond donors (Lipinski definition) is 2. The van der Waals surface area contributed by atoms with Gasteiger partial charge in [-0.05, 0) is 30.5 Å². The number of nitrogens with one attached hydrogen (secondary N) is 2. The van der Waals surface area contributed by atoms with Gasteiger partial charge in [0.1, 0.15) is 0 Å². The number of aryl methyl sites for hydroxylation is 1. The van der Waals surface area contributed by atoms with Gasteiger partial charge in [-0.15, -0.1) is 24.0 Å². The first-order valence-corrected chi connectivity index (χ1v) is 7.27. The molecule has 2 rings (SSSR count). The number of guanidine groups is 1. The standard InChI is InChI=1S/C18H23N3.HI/c1-14-9-7-8-12-17(14)13-20-18(19-3)21-15(2)16-10-5-4-6-11-16;/h4-12,15H,13H2,1-3H3,(H2,19,20,21);1H. The maximum Gasteiger partial charge on any atom is 0.191 e. The van der Waals surface area contributed by atoms with E-state index in [4.69, 9.17) is 0 Å². The van der Waals surface area contributed by atoms with Gasteiger partial charge in [0.05, 0.1) is 6.04 Å². The lowest BCUT2D eigenvalue weighted by atomic mass is 10.1. The molecule has 0 saturated heterocycles. The summed E-state index contributed by atoms with van der Waals surface area (Å²) in [7, 11) is 1.80. The Kier molecular flexibility index (Phi) is 7.95. The smallest absolute Gasteiger partial charge is 0.191 e. The fourth-order valence-corrected chi connectivity index (χ4v) is 2.21. The Morgan fingerprint density at radius 1 is 1.05 bits per heavy atom. The SMILES string of the molecule is CN=C(NCc1ccccc1C)NC(C)c1ccccc1.I. The molecule has 0 heterocycles. The highest BCUT2D eigenvalue weighted by Crippen LogP contribution is 2.11. The van der Waals surface area contributed by atoms with Crippen molar-refractivity contribution in [2.24, 2.45) is 4.99 Å². The maximum absolute atomic E-state index is 4.29. The van der Waals surface area contributed by atoms with Crippen LogP contribution in [0.3, 0.4) is 0 Å². The van der Waals surface area contributed by atoms with Crippen LogP contribution in [0, 0.1) is 6.92 Å². The Labute approximate surface area is 150 Å². The summed E-state index contributed by atoms with van der Waals surface area (Å²) in [5.41, 5.74) is 3.82. The fourth-order valence-electron chi connectivity index (χ4n) is 2.21. The zero-order chi connectivity index (χ0) is 15.1. The molecule has 3 nitrogen and oxygen atoms in total. The predicted molar refractivity (Wildman–Crippen MR) is 105 cm³/mol. The molecule has 0 aromatic heterocycles. The Morgan fingerprint density at radius 2 is 1.68 bits per heavy atom. The van der Waals surface area contributed by atoms with Gasteiger partial charge in [-0.2, -0.15) is 0 Å². The van der Waals surface area contributed by atoms with Crippen LogP contribution < -0.4 is 10.6 Å². The lowest BCUT2D eigenvalue weighted by Crippen LogP contribution is -2.38. The van der Waals surface area contributed by atoms with Crippen molar-refractivity contribution in [3.63, 3.8) is 0 Å². The Morgan fingerprint density at radius 3 is 2.32 bits per heavy atom. The van der Waals surface area contributed by atoms with Gasteiger partial charge in [0, 0.05) is 13.6 Å². The molecular formula is C18H24IN3. The minimum Gasteiger partial charge on any atom is -0.352 e. The second kappa shape index (κ2) is 9.46. The molecule has 0 amide bonds. The first kappa shape index (κ1) is 18.5. The molecule has 0 saturated carbocycles. The van der Waals surface area contributed by atoms with E-state index < -0.39 is 0 Å². The molecule has 0 aliphatic heterocycles. The van der Waals surface area contributed by atoms with E-state index in [1.807, 2.05) is 6.07 Å². The van der Waals surface area contributed by atoms with Crippen molar-refractivity contribution in [2.45, 2.75) is 26.4 Å². The molecule has 2 N–H and O–H groups in total. The molecule has 1 unspecified atom stereocenters. The summed E-state index contributed by atoms with van der Waals surface area (Å²) >= 11 is 0. The molecule has 2 aromatic rings. The molecular weight excluding hydrogens is 385 g/mol. The van der Waals surface area contributed by atoms with E-state index in [1.165, 1.54) is 16.7 Å². The molecule has 0 spiro atoms. The number of halogens is 1. The average Bonchev–Trinajstić information content (AvgIpc) is 2.53. The van der Waals surface area contributed by atoms with Crippen LogP contribution in [0.4, 0.5) is 0 Å². The third kappa shape index (κ3) is 5.33. The third-order valence-electron chi connectivity index (χ3n) is 3.58. The summed E-state index contributed by atoms with van der Waals surface area (Å²) in [5, 5.41) is 6.78. The van der Waals surface area contributed by atoms with Crippen LogP contribution in [-0.4, -0.2) is 13.0 Å². The van der Waals surface area contributed by atoms with Gasteiger partial charge in [0.25, 0.3) is 0 Å². The van der Waals surface area contributed by atoms with Crippen molar-refractivity contribution >= 4 is 29.9 Å². The van der Waals surface area contributed by atoms with E-state index in [1.54, 1.807) is 7.05 Å². The summed E-state index contributed by atoms with van der Waals surface area (Å²) in [4.78, 5) is 4.29.